The molecule has 0 atom stereocenters. The third kappa shape index (κ3) is 4.88. The largest absolute Gasteiger partial charge is 0.356 e. The van der Waals surface area contributed by atoms with Gasteiger partial charge in [0.1, 0.15) is 0 Å². The number of hydrogen-bond acceptors (Lipinski definition) is 4. The van der Waals surface area contributed by atoms with Gasteiger partial charge in [-0.2, -0.15) is 5.10 Å². The van der Waals surface area contributed by atoms with Crippen molar-refractivity contribution < 1.29 is 4.79 Å². The van der Waals surface area contributed by atoms with Gasteiger partial charge < -0.3 is 15.5 Å². The van der Waals surface area contributed by atoms with E-state index in [0.29, 0.717) is 12.5 Å². The molecule has 0 radical (unpaired) electrons. The molecule has 3 heterocycles. The lowest BCUT2D eigenvalue weighted by atomic mass is 10.1. The van der Waals surface area contributed by atoms with Crippen LogP contribution in [-0.2, 0) is 24.2 Å². The van der Waals surface area contributed by atoms with Gasteiger partial charge in [-0.25, -0.2) is 4.68 Å². The summed E-state index contributed by atoms with van der Waals surface area (Å²) in [5.74, 6) is 0.744. The first kappa shape index (κ1) is 20.2. The minimum Gasteiger partial charge on any atom is -0.356 e. The van der Waals surface area contributed by atoms with Gasteiger partial charge in [-0.1, -0.05) is 12.1 Å². The number of fused-ring (bicyclic) bond motifs is 1. The van der Waals surface area contributed by atoms with Crippen LogP contribution in [-0.4, -0.2) is 53.2 Å². The van der Waals surface area contributed by atoms with Gasteiger partial charge in [-0.15, -0.1) is 11.3 Å². The molecule has 2 N–H and O–H groups in total. The van der Waals surface area contributed by atoms with Gasteiger partial charge in [0.05, 0.1) is 12.2 Å². The van der Waals surface area contributed by atoms with Crippen LogP contribution in [0, 0.1) is 0 Å². The number of aliphatic imine (C=N–C) groups is 1. The summed E-state index contributed by atoms with van der Waals surface area (Å²) in [4.78, 5) is 20.1. The molecule has 0 spiro atoms. The van der Waals surface area contributed by atoms with Gasteiger partial charge in [0, 0.05) is 44.0 Å². The zero-order valence-corrected chi connectivity index (χ0v) is 17.9. The Morgan fingerprint density at radius 2 is 2.10 bits per heavy atom. The molecule has 8 heteroatoms. The number of carbonyl (C=O) groups excluding carboxylic acids is 1. The maximum absolute atomic E-state index is 12.6. The van der Waals surface area contributed by atoms with Crippen LogP contribution in [0.25, 0.3) is 5.69 Å². The topological polar surface area (TPSA) is 74.5 Å². The maximum Gasteiger partial charge on any atom is 0.242 e. The Bertz CT molecular complexity index is 993. The number of guanidine groups is 1. The van der Waals surface area contributed by atoms with Crippen molar-refractivity contribution in [3.05, 3.63) is 70.2 Å². The van der Waals surface area contributed by atoms with Crippen molar-refractivity contribution >= 4 is 23.2 Å². The lowest BCUT2D eigenvalue weighted by Gasteiger charge is -2.27. The van der Waals surface area contributed by atoms with Crippen molar-refractivity contribution in [2.24, 2.45) is 4.99 Å². The number of rotatable bonds is 6. The Kier molecular flexibility index (Phi) is 6.44. The molecule has 2 aromatic heterocycles. The van der Waals surface area contributed by atoms with E-state index in [0.717, 1.165) is 31.6 Å². The molecule has 3 aromatic rings. The number of aromatic nitrogens is 2. The predicted octanol–water partition coefficient (Wildman–Crippen LogP) is 2.23. The lowest BCUT2D eigenvalue weighted by Crippen LogP contribution is -2.46. The van der Waals surface area contributed by atoms with Crippen LogP contribution < -0.4 is 10.6 Å². The van der Waals surface area contributed by atoms with Crippen molar-refractivity contribution in [1.82, 2.24) is 25.3 Å². The Labute approximate surface area is 180 Å². The first-order valence-corrected chi connectivity index (χ1v) is 11.0. The molecule has 1 aliphatic heterocycles. The summed E-state index contributed by atoms with van der Waals surface area (Å²) in [6.45, 7) is 2.48. The van der Waals surface area contributed by atoms with Crippen LogP contribution in [0.1, 0.15) is 16.0 Å². The third-order valence-electron chi connectivity index (χ3n) is 5.20. The van der Waals surface area contributed by atoms with Gasteiger partial charge in [0.25, 0.3) is 0 Å². The van der Waals surface area contributed by atoms with Crippen molar-refractivity contribution in [3.63, 3.8) is 0 Å². The Morgan fingerprint density at radius 1 is 1.23 bits per heavy atom. The number of thiophene rings is 1. The highest BCUT2D eigenvalue weighted by Crippen LogP contribution is 2.23. The summed E-state index contributed by atoms with van der Waals surface area (Å²) < 4.78 is 1.84. The van der Waals surface area contributed by atoms with Crippen LogP contribution in [0.15, 0.2) is 59.2 Å². The average Bonchev–Trinajstić information content (AvgIpc) is 3.48. The molecule has 1 amide bonds. The van der Waals surface area contributed by atoms with E-state index in [9.17, 15) is 4.79 Å². The molecule has 1 aromatic carbocycles. The van der Waals surface area contributed by atoms with E-state index in [1.54, 1.807) is 24.6 Å². The maximum atomic E-state index is 12.6. The van der Waals surface area contributed by atoms with Crippen LogP contribution >= 0.6 is 11.3 Å². The zero-order chi connectivity index (χ0) is 20.8. The van der Waals surface area contributed by atoms with Crippen LogP contribution in [0.5, 0.6) is 0 Å². The fraction of sp³-hybridized carbons (Fsp3) is 0.318. The molecule has 0 saturated heterocycles. The van der Waals surface area contributed by atoms with Crippen molar-refractivity contribution in [3.8, 4) is 5.69 Å². The second kappa shape index (κ2) is 9.58. The number of hydrogen-bond donors (Lipinski definition) is 2. The highest BCUT2D eigenvalue weighted by molar-refractivity contribution is 7.10. The first-order valence-electron chi connectivity index (χ1n) is 10.1. The first-order chi connectivity index (χ1) is 14.7. The van der Waals surface area contributed by atoms with E-state index in [4.69, 9.17) is 0 Å². The van der Waals surface area contributed by atoms with Gasteiger partial charge in [-0.05, 0) is 53.6 Å². The number of amides is 1. The van der Waals surface area contributed by atoms with Gasteiger partial charge in [0.2, 0.25) is 5.91 Å². The quantitative estimate of drug-likeness (QED) is 0.472. The highest BCUT2D eigenvalue weighted by Gasteiger charge is 2.21. The summed E-state index contributed by atoms with van der Waals surface area (Å²) in [7, 11) is 1.72. The number of nitrogens with one attached hydrogen (secondary N) is 2. The SMILES string of the molecule is CN=C(NCCc1ccc(-n2cccn2)cc1)NCC(=O)N1CCc2sccc2C1. The molecule has 7 nitrogen and oxygen atoms in total. The van der Waals surface area contributed by atoms with Crippen molar-refractivity contribution in [1.29, 1.82) is 0 Å². The monoisotopic (exact) mass is 422 g/mol. The van der Waals surface area contributed by atoms with Crippen LogP contribution in [0.3, 0.4) is 0 Å². The third-order valence-corrected chi connectivity index (χ3v) is 6.23. The summed E-state index contributed by atoms with van der Waals surface area (Å²) >= 11 is 1.78. The predicted molar refractivity (Wildman–Crippen MR) is 120 cm³/mol. The number of carbonyl (C=O) groups is 1. The fourth-order valence-electron chi connectivity index (χ4n) is 3.52. The van der Waals surface area contributed by atoms with E-state index < -0.39 is 0 Å². The van der Waals surface area contributed by atoms with Crippen LogP contribution in [0.2, 0.25) is 0 Å². The number of benzene rings is 1. The van der Waals surface area contributed by atoms with Crippen molar-refractivity contribution in [2.45, 2.75) is 19.4 Å². The van der Waals surface area contributed by atoms with Crippen LogP contribution in [0.4, 0.5) is 0 Å². The van der Waals surface area contributed by atoms with Gasteiger partial charge in [0.15, 0.2) is 5.96 Å². The summed E-state index contributed by atoms with van der Waals surface area (Å²) in [6.07, 6.45) is 5.51. The molecular formula is C22H26N6OS. The highest BCUT2D eigenvalue weighted by atomic mass is 32.1. The summed E-state index contributed by atoms with van der Waals surface area (Å²) in [5.41, 5.74) is 3.55. The fourth-order valence-corrected chi connectivity index (χ4v) is 4.40. The smallest absolute Gasteiger partial charge is 0.242 e. The molecule has 0 bridgehead atoms. The number of nitrogens with zero attached hydrogens (tertiary/aromatic N) is 4. The average molecular weight is 423 g/mol. The lowest BCUT2D eigenvalue weighted by molar-refractivity contribution is -0.130. The summed E-state index contributed by atoms with van der Waals surface area (Å²) in [5, 5.41) is 12.8. The summed E-state index contributed by atoms with van der Waals surface area (Å²) in [6, 6.07) is 12.4. The molecule has 0 fully saturated rings. The minimum atomic E-state index is 0.101. The normalized spacial score (nSPS) is 13.8. The molecule has 156 valence electrons. The molecular weight excluding hydrogens is 396 g/mol. The molecule has 1 aliphatic rings. The van der Waals surface area contributed by atoms with E-state index in [2.05, 4.69) is 56.4 Å². The Morgan fingerprint density at radius 3 is 2.87 bits per heavy atom. The van der Waals surface area contributed by atoms with Gasteiger partial charge >= 0.3 is 0 Å². The second-order valence-corrected chi connectivity index (χ2v) is 8.15. The molecule has 0 aliphatic carbocycles. The molecule has 0 saturated carbocycles. The molecule has 30 heavy (non-hydrogen) atoms. The van der Waals surface area contributed by atoms with Crippen molar-refractivity contribution in [2.75, 3.05) is 26.7 Å². The zero-order valence-electron chi connectivity index (χ0n) is 17.0. The molecule has 4 rings (SSSR count). The standard InChI is InChI=1S/C22H26N6OS/c1-23-22(25-15-21(29)27-13-8-20-18(16-27)9-14-30-20)24-11-7-17-3-5-19(6-4-17)28-12-2-10-26-28/h2-6,9-10,12,14H,7-8,11,13,15-16H2,1H3,(H2,23,24,25). The minimum absolute atomic E-state index is 0.101. The van der Waals surface area contributed by atoms with E-state index in [1.807, 2.05) is 21.8 Å². The molecule has 0 unspecified atom stereocenters. The Hall–Kier alpha value is -3.13. The van der Waals surface area contributed by atoms with Gasteiger partial charge in [-0.3, -0.25) is 9.79 Å². The second-order valence-electron chi connectivity index (χ2n) is 7.15. The van der Waals surface area contributed by atoms with E-state index >= 15 is 0 Å². The van der Waals surface area contributed by atoms with E-state index in [1.165, 1.54) is 16.0 Å². The Balaban J connectivity index is 1.20. The van der Waals surface area contributed by atoms with E-state index in [-0.39, 0.29) is 12.5 Å².